The highest BCUT2D eigenvalue weighted by Gasteiger charge is 2.45. The van der Waals surface area contributed by atoms with Crippen molar-refractivity contribution in [1.29, 1.82) is 0 Å². The van der Waals surface area contributed by atoms with E-state index in [1.165, 1.54) is 9.80 Å². The fraction of sp³-hybridized carbons (Fsp3) is 0.429. The summed E-state index contributed by atoms with van der Waals surface area (Å²) in [6.45, 7) is 0. The zero-order valence-electron chi connectivity index (χ0n) is 10.8. The van der Waals surface area contributed by atoms with Crippen molar-refractivity contribution in [3.8, 4) is 0 Å². The topological polar surface area (TPSA) is 49.4 Å². The van der Waals surface area contributed by atoms with Crippen LogP contribution >= 0.6 is 11.8 Å². The molecule has 2 fully saturated rings. The molecular formula is C14H16N2O2S. The Morgan fingerprint density at radius 2 is 1.89 bits per heavy atom. The van der Waals surface area contributed by atoms with Crippen molar-refractivity contribution in [2.45, 2.75) is 36.2 Å². The van der Waals surface area contributed by atoms with Gasteiger partial charge < -0.3 is 5.32 Å². The van der Waals surface area contributed by atoms with Crippen LogP contribution in [-0.4, -0.2) is 35.1 Å². The van der Waals surface area contributed by atoms with Gasteiger partial charge in [0, 0.05) is 16.6 Å². The molecule has 2 aliphatic rings. The Hall–Kier alpha value is -1.49. The van der Waals surface area contributed by atoms with Crippen LogP contribution in [0, 0.1) is 0 Å². The SMILES string of the molecule is CSc1ccc(NC2CC(=O)N(C3CC3)C2=O)cc1. The highest BCUT2D eigenvalue weighted by atomic mass is 32.2. The predicted molar refractivity (Wildman–Crippen MR) is 75.1 cm³/mol. The molecule has 1 aromatic carbocycles. The van der Waals surface area contributed by atoms with Crippen molar-refractivity contribution in [3.63, 3.8) is 0 Å². The lowest BCUT2D eigenvalue weighted by atomic mass is 10.2. The van der Waals surface area contributed by atoms with Gasteiger partial charge in [0.25, 0.3) is 5.91 Å². The Morgan fingerprint density at radius 1 is 1.21 bits per heavy atom. The molecule has 1 N–H and O–H groups in total. The van der Waals surface area contributed by atoms with Crippen molar-refractivity contribution in [2.24, 2.45) is 0 Å². The van der Waals surface area contributed by atoms with Gasteiger partial charge in [0.05, 0.1) is 6.42 Å². The Balaban J connectivity index is 1.69. The third-order valence-corrected chi connectivity index (χ3v) is 4.27. The summed E-state index contributed by atoms with van der Waals surface area (Å²) in [5.41, 5.74) is 0.890. The van der Waals surface area contributed by atoms with Crippen molar-refractivity contribution in [3.05, 3.63) is 24.3 Å². The van der Waals surface area contributed by atoms with Gasteiger partial charge in [-0.25, -0.2) is 0 Å². The van der Waals surface area contributed by atoms with Crippen LogP contribution < -0.4 is 5.32 Å². The van der Waals surface area contributed by atoms with Gasteiger partial charge >= 0.3 is 0 Å². The van der Waals surface area contributed by atoms with Crippen molar-refractivity contribution < 1.29 is 9.59 Å². The van der Waals surface area contributed by atoms with E-state index in [-0.39, 0.29) is 24.3 Å². The zero-order valence-corrected chi connectivity index (χ0v) is 11.6. The smallest absolute Gasteiger partial charge is 0.252 e. The highest BCUT2D eigenvalue weighted by Crippen LogP contribution is 2.32. The summed E-state index contributed by atoms with van der Waals surface area (Å²) in [6, 6.07) is 7.69. The van der Waals surface area contributed by atoms with Crippen LogP contribution in [0.25, 0.3) is 0 Å². The number of carbonyl (C=O) groups excluding carboxylic acids is 2. The molecule has 1 saturated carbocycles. The second-order valence-electron chi connectivity index (χ2n) is 4.96. The van der Waals surface area contributed by atoms with E-state index < -0.39 is 6.04 Å². The van der Waals surface area contributed by atoms with Crippen molar-refractivity contribution in [2.75, 3.05) is 11.6 Å². The summed E-state index contributed by atoms with van der Waals surface area (Å²) >= 11 is 1.68. The van der Waals surface area contributed by atoms with E-state index in [1.54, 1.807) is 11.8 Å². The van der Waals surface area contributed by atoms with E-state index in [0.717, 1.165) is 18.5 Å². The molecule has 3 rings (SSSR count). The van der Waals surface area contributed by atoms with Crippen LogP contribution in [0.3, 0.4) is 0 Å². The molecule has 0 radical (unpaired) electrons. The number of hydrogen-bond donors (Lipinski definition) is 1. The average Bonchev–Trinajstić information content (AvgIpc) is 3.19. The Morgan fingerprint density at radius 3 is 2.47 bits per heavy atom. The lowest BCUT2D eigenvalue weighted by Gasteiger charge is -2.15. The maximum atomic E-state index is 12.2. The molecule has 2 amide bonds. The fourth-order valence-corrected chi connectivity index (χ4v) is 2.78. The molecule has 0 bridgehead atoms. The first-order valence-electron chi connectivity index (χ1n) is 6.45. The minimum absolute atomic E-state index is 0.0364. The largest absolute Gasteiger partial charge is 0.373 e. The standard InChI is InChI=1S/C14H16N2O2S/c1-19-11-6-2-9(3-7-11)15-12-8-13(17)16(14(12)18)10-4-5-10/h2-3,6-7,10,12,15H,4-5,8H2,1H3. The average molecular weight is 276 g/mol. The van der Waals surface area contributed by atoms with Gasteiger partial charge in [0.2, 0.25) is 5.91 Å². The summed E-state index contributed by atoms with van der Waals surface area (Å²) in [4.78, 5) is 26.6. The van der Waals surface area contributed by atoms with Crippen LogP contribution in [0.4, 0.5) is 5.69 Å². The quantitative estimate of drug-likeness (QED) is 0.676. The van der Waals surface area contributed by atoms with Gasteiger partial charge in [-0.1, -0.05) is 0 Å². The molecule has 100 valence electrons. The fourth-order valence-electron chi connectivity index (χ4n) is 2.37. The first kappa shape index (κ1) is 12.5. The number of nitrogens with zero attached hydrogens (tertiary/aromatic N) is 1. The lowest BCUT2D eigenvalue weighted by molar-refractivity contribution is -0.139. The van der Waals surface area contributed by atoms with Crippen LogP contribution in [0.5, 0.6) is 0 Å². The molecule has 5 heteroatoms. The maximum absolute atomic E-state index is 12.2. The summed E-state index contributed by atoms with van der Waals surface area (Å²) in [7, 11) is 0. The number of amides is 2. The molecule has 1 heterocycles. The normalized spacial score (nSPS) is 23.0. The van der Waals surface area contributed by atoms with Gasteiger partial charge in [-0.2, -0.15) is 0 Å². The zero-order chi connectivity index (χ0) is 13.4. The summed E-state index contributed by atoms with van der Waals surface area (Å²) in [5, 5.41) is 3.16. The van der Waals surface area contributed by atoms with E-state index in [0.29, 0.717) is 0 Å². The Labute approximate surface area is 116 Å². The molecule has 1 atom stereocenters. The third kappa shape index (κ3) is 2.47. The predicted octanol–water partition coefficient (Wildman–Crippen LogP) is 2.11. The van der Waals surface area contributed by atoms with Crippen LogP contribution in [0.15, 0.2) is 29.2 Å². The van der Waals surface area contributed by atoms with Gasteiger partial charge in [-0.15, -0.1) is 11.8 Å². The number of nitrogens with one attached hydrogen (secondary N) is 1. The maximum Gasteiger partial charge on any atom is 0.252 e. The van der Waals surface area contributed by atoms with E-state index in [1.807, 2.05) is 30.5 Å². The van der Waals surface area contributed by atoms with Crippen LogP contribution in [-0.2, 0) is 9.59 Å². The molecule has 4 nitrogen and oxygen atoms in total. The van der Waals surface area contributed by atoms with E-state index in [2.05, 4.69) is 5.32 Å². The number of benzene rings is 1. The lowest BCUT2D eigenvalue weighted by Crippen LogP contribution is -2.36. The summed E-state index contributed by atoms with van der Waals surface area (Å²) < 4.78 is 0. The second kappa shape index (κ2) is 4.89. The monoisotopic (exact) mass is 276 g/mol. The number of anilines is 1. The number of carbonyl (C=O) groups is 2. The molecule has 1 unspecified atom stereocenters. The van der Waals surface area contributed by atoms with Crippen LogP contribution in [0.2, 0.25) is 0 Å². The number of hydrogen-bond acceptors (Lipinski definition) is 4. The third-order valence-electron chi connectivity index (χ3n) is 3.53. The second-order valence-corrected chi connectivity index (χ2v) is 5.84. The number of likely N-dealkylation sites (tertiary alicyclic amines) is 1. The van der Waals surface area contributed by atoms with Crippen LogP contribution in [0.1, 0.15) is 19.3 Å². The molecule has 1 aliphatic carbocycles. The number of imide groups is 1. The van der Waals surface area contributed by atoms with E-state index in [4.69, 9.17) is 0 Å². The van der Waals surface area contributed by atoms with Gasteiger partial charge in [-0.3, -0.25) is 14.5 Å². The first-order valence-corrected chi connectivity index (χ1v) is 7.68. The van der Waals surface area contributed by atoms with Crippen molar-refractivity contribution >= 4 is 29.3 Å². The molecule has 19 heavy (non-hydrogen) atoms. The van der Waals surface area contributed by atoms with Crippen molar-refractivity contribution in [1.82, 2.24) is 4.90 Å². The molecule has 0 aromatic heterocycles. The molecular weight excluding hydrogens is 260 g/mol. The summed E-state index contributed by atoms with van der Waals surface area (Å²) in [5.74, 6) is -0.104. The van der Waals surface area contributed by atoms with Gasteiger partial charge in [0.15, 0.2) is 0 Å². The van der Waals surface area contributed by atoms with Gasteiger partial charge in [-0.05, 0) is 43.4 Å². The molecule has 1 saturated heterocycles. The molecule has 1 aliphatic heterocycles. The van der Waals surface area contributed by atoms with E-state index >= 15 is 0 Å². The number of rotatable bonds is 4. The number of thioether (sulfide) groups is 1. The first-order chi connectivity index (χ1) is 9.19. The summed E-state index contributed by atoms with van der Waals surface area (Å²) in [6.07, 6.45) is 4.23. The molecule has 1 aromatic rings. The Bertz CT molecular complexity index is 511. The minimum atomic E-state index is -0.395. The van der Waals surface area contributed by atoms with E-state index in [9.17, 15) is 9.59 Å². The highest BCUT2D eigenvalue weighted by molar-refractivity contribution is 7.98. The Kier molecular flexibility index (Phi) is 3.22. The van der Waals surface area contributed by atoms with Gasteiger partial charge in [0.1, 0.15) is 6.04 Å². The molecule has 0 spiro atoms. The minimum Gasteiger partial charge on any atom is -0.373 e.